The van der Waals surface area contributed by atoms with Crippen LogP contribution in [0, 0.1) is 0 Å². The van der Waals surface area contributed by atoms with Crippen LogP contribution in [-0.4, -0.2) is 38.7 Å². The minimum Gasteiger partial charge on any atom is -0.509 e. The van der Waals surface area contributed by atoms with Gasteiger partial charge in [0.1, 0.15) is 46.2 Å². The van der Waals surface area contributed by atoms with Crippen LogP contribution in [0.4, 0.5) is 0 Å². The number of hydrogen-bond acceptors (Lipinski definition) is 3. The number of aliphatic hydroxyl groups excluding tert-OH is 2. The van der Waals surface area contributed by atoms with Gasteiger partial charge in [0, 0.05) is 21.7 Å². The SMILES string of the molecule is [B]/C=C([B])/C(O)=C([B])\C(O)=C(/C)c1ccc2[nH]c3ccc4c5ccccc5oc4c3c2c1. The average molecular weight is 411 g/mol. The molecule has 0 fully saturated rings. The molecule has 2 heterocycles. The molecule has 5 aromatic rings. The molecule has 0 saturated heterocycles. The molecule has 5 rings (SSSR count). The Morgan fingerprint density at radius 1 is 0.906 bits per heavy atom. The highest BCUT2D eigenvalue weighted by Crippen LogP contribution is 2.38. The van der Waals surface area contributed by atoms with Crippen LogP contribution in [0.15, 0.2) is 87.5 Å². The van der Waals surface area contributed by atoms with Crippen molar-refractivity contribution in [2.45, 2.75) is 6.92 Å². The molecule has 0 bridgehead atoms. The highest BCUT2D eigenvalue weighted by molar-refractivity contribution is 6.33. The zero-order valence-electron chi connectivity index (χ0n) is 17.3. The van der Waals surface area contributed by atoms with Gasteiger partial charge < -0.3 is 19.6 Å². The van der Waals surface area contributed by atoms with E-state index in [1.165, 1.54) is 0 Å². The molecule has 6 radical (unpaired) electrons. The van der Waals surface area contributed by atoms with E-state index < -0.39 is 5.76 Å². The van der Waals surface area contributed by atoms with Gasteiger partial charge in [-0.15, -0.1) is 5.98 Å². The lowest BCUT2D eigenvalue weighted by atomic mass is 9.80. The molecule has 0 spiro atoms. The topological polar surface area (TPSA) is 69.4 Å². The van der Waals surface area contributed by atoms with Gasteiger partial charge in [-0.25, -0.2) is 0 Å². The van der Waals surface area contributed by atoms with E-state index in [9.17, 15) is 10.2 Å². The summed E-state index contributed by atoms with van der Waals surface area (Å²) in [5.41, 5.74) is 4.35. The Hall–Kier alpha value is -3.73. The van der Waals surface area contributed by atoms with Gasteiger partial charge in [-0.2, -0.15) is 0 Å². The molecule has 0 unspecified atom stereocenters. The van der Waals surface area contributed by atoms with Crippen molar-refractivity contribution < 1.29 is 14.6 Å². The zero-order valence-corrected chi connectivity index (χ0v) is 17.3. The predicted molar refractivity (Wildman–Crippen MR) is 133 cm³/mol. The first-order valence-electron chi connectivity index (χ1n) is 10.0. The second-order valence-electron chi connectivity index (χ2n) is 7.71. The van der Waals surface area contributed by atoms with E-state index >= 15 is 0 Å². The number of fused-ring (bicyclic) bond motifs is 7. The molecule has 148 valence electrons. The van der Waals surface area contributed by atoms with Gasteiger partial charge in [0.05, 0.1) is 10.9 Å². The van der Waals surface area contributed by atoms with Crippen molar-refractivity contribution in [3.05, 3.63) is 88.6 Å². The summed E-state index contributed by atoms with van der Waals surface area (Å²) in [5.74, 6) is 0.267. The van der Waals surface area contributed by atoms with Crippen LogP contribution in [0.3, 0.4) is 0 Å². The van der Waals surface area contributed by atoms with E-state index in [4.69, 9.17) is 28.0 Å². The molecule has 0 aliphatic heterocycles. The average Bonchev–Trinajstić information content (AvgIpc) is 3.38. The monoisotopic (exact) mass is 411 g/mol. The van der Waals surface area contributed by atoms with Gasteiger partial charge in [0.25, 0.3) is 0 Å². The number of nitrogens with one attached hydrogen (secondary N) is 1. The molecule has 32 heavy (non-hydrogen) atoms. The van der Waals surface area contributed by atoms with Gasteiger partial charge in [0.15, 0.2) is 0 Å². The summed E-state index contributed by atoms with van der Waals surface area (Å²) in [4.78, 5) is 3.42. The molecule has 0 aliphatic carbocycles. The number of aromatic nitrogens is 1. The Kier molecular flexibility index (Phi) is 4.70. The van der Waals surface area contributed by atoms with Crippen LogP contribution in [0.2, 0.25) is 0 Å². The maximum absolute atomic E-state index is 10.6. The van der Waals surface area contributed by atoms with Gasteiger partial charge in [0.2, 0.25) is 0 Å². The van der Waals surface area contributed by atoms with E-state index in [1.54, 1.807) is 6.92 Å². The molecule has 0 atom stereocenters. The van der Waals surface area contributed by atoms with Crippen molar-refractivity contribution in [1.82, 2.24) is 4.98 Å². The first kappa shape index (κ1) is 20.2. The minimum atomic E-state index is -0.471. The second-order valence-corrected chi connectivity index (χ2v) is 7.71. The van der Waals surface area contributed by atoms with Crippen molar-refractivity contribution in [2.75, 3.05) is 0 Å². The summed E-state index contributed by atoms with van der Waals surface area (Å²) in [7, 11) is 16.8. The zero-order chi connectivity index (χ0) is 22.6. The molecule has 3 N–H and O–H groups in total. The summed E-state index contributed by atoms with van der Waals surface area (Å²) in [6.45, 7) is 1.71. The number of aromatic amines is 1. The maximum atomic E-state index is 10.6. The smallest absolute Gasteiger partial charge is 0.145 e. The van der Waals surface area contributed by atoms with E-state index in [0.29, 0.717) is 5.57 Å². The number of aliphatic hydroxyl groups is 2. The molecule has 7 heteroatoms. The highest BCUT2D eigenvalue weighted by Gasteiger charge is 2.16. The van der Waals surface area contributed by atoms with Crippen molar-refractivity contribution in [1.29, 1.82) is 0 Å². The standard InChI is InChI=1S/C25H16B3NO3/c1-12(23(30)22(28)24(31)17(27)11-26)13-6-8-18-16(10-13)21-19(29-18)9-7-15-14-4-2-3-5-20(14)32-25(15)21/h2-11,29-31H,1H3/b17-11-,23-12-,24-22-. The Labute approximate surface area is 188 Å². The number of furan rings is 1. The second kappa shape index (κ2) is 7.45. The van der Waals surface area contributed by atoms with Gasteiger partial charge >= 0.3 is 0 Å². The fourth-order valence-corrected chi connectivity index (χ4v) is 4.08. The third-order valence-electron chi connectivity index (χ3n) is 5.86. The van der Waals surface area contributed by atoms with Crippen LogP contribution in [0.5, 0.6) is 0 Å². The van der Waals surface area contributed by atoms with E-state index in [2.05, 4.69) is 11.1 Å². The molecule has 0 amide bonds. The van der Waals surface area contributed by atoms with Gasteiger partial charge in [-0.05, 0) is 53.9 Å². The Morgan fingerprint density at radius 3 is 2.44 bits per heavy atom. The van der Waals surface area contributed by atoms with Crippen LogP contribution in [0.1, 0.15) is 12.5 Å². The lowest BCUT2D eigenvalue weighted by molar-refractivity contribution is 0.400. The van der Waals surface area contributed by atoms with Crippen LogP contribution in [0.25, 0.3) is 49.3 Å². The van der Waals surface area contributed by atoms with Crippen LogP contribution >= 0.6 is 0 Å². The summed E-state index contributed by atoms with van der Waals surface area (Å²) >= 11 is 0. The fourth-order valence-electron chi connectivity index (χ4n) is 4.08. The molecule has 3 aromatic carbocycles. The predicted octanol–water partition coefficient (Wildman–Crippen LogP) is 5.63. The highest BCUT2D eigenvalue weighted by atomic mass is 16.3. The first-order valence-corrected chi connectivity index (χ1v) is 10.0. The molecule has 0 aliphatic rings. The van der Waals surface area contributed by atoms with Crippen molar-refractivity contribution in [2.24, 2.45) is 0 Å². The lowest BCUT2D eigenvalue weighted by Gasteiger charge is -2.11. The van der Waals surface area contributed by atoms with E-state index in [0.717, 1.165) is 55.3 Å². The van der Waals surface area contributed by atoms with Gasteiger partial charge in [-0.3, -0.25) is 0 Å². The molecule has 2 aromatic heterocycles. The number of rotatable bonds is 3. The van der Waals surface area contributed by atoms with Crippen LogP contribution in [-0.2, 0) is 0 Å². The lowest BCUT2D eigenvalue weighted by Crippen LogP contribution is -2.01. The minimum absolute atomic E-state index is 0.124. The Bertz CT molecular complexity index is 1640. The molecular formula is C25H16B3NO3. The first-order chi connectivity index (χ1) is 15.4. The fraction of sp³-hybridized carbons (Fsp3) is 0.0400. The maximum Gasteiger partial charge on any atom is 0.145 e. The quantitative estimate of drug-likeness (QED) is 0.205. The van der Waals surface area contributed by atoms with E-state index in [-0.39, 0.29) is 16.7 Å². The number of hydrogen-bond donors (Lipinski definition) is 3. The van der Waals surface area contributed by atoms with Crippen LogP contribution < -0.4 is 0 Å². The molecule has 4 nitrogen and oxygen atoms in total. The third-order valence-corrected chi connectivity index (χ3v) is 5.86. The molecule has 0 saturated carbocycles. The Morgan fingerprint density at radius 2 is 1.66 bits per heavy atom. The largest absolute Gasteiger partial charge is 0.509 e. The number of benzene rings is 3. The van der Waals surface area contributed by atoms with Crippen molar-refractivity contribution >= 4 is 72.9 Å². The summed E-state index contributed by atoms with van der Waals surface area (Å²) in [6, 6.07) is 17.8. The number of allylic oxidation sites excluding steroid dienone is 3. The normalized spacial score (nSPS) is 14.3. The third kappa shape index (κ3) is 2.96. The number of para-hydroxylation sites is 1. The van der Waals surface area contributed by atoms with E-state index in [1.807, 2.05) is 48.5 Å². The summed E-state index contributed by atoms with van der Waals surface area (Å²) < 4.78 is 6.21. The van der Waals surface area contributed by atoms with Crippen molar-refractivity contribution in [3.63, 3.8) is 0 Å². The van der Waals surface area contributed by atoms with Gasteiger partial charge in [-0.1, -0.05) is 29.7 Å². The molecular weight excluding hydrogens is 395 g/mol. The summed E-state index contributed by atoms with van der Waals surface area (Å²) in [6.07, 6.45) is 0. The summed E-state index contributed by atoms with van der Waals surface area (Å²) in [5, 5.41) is 24.7. The Balaban J connectivity index is 1.77. The van der Waals surface area contributed by atoms with Crippen molar-refractivity contribution in [3.8, 4) is 0 Å². The number of H-pyrrole nitrogens is 1.